The van der Waals surface area contributed by atoms with Crippen LogP contribution in [0.3, 0.4) is 0 Å². The third kappa shape index (κ3) is 4.57. The topological polar surface area (TPSA) is 101 Å². The number of rotatable bonds is 7. The van der Waals surface area contributed by atoms with Crippen LogP contribution >= 0.6 is 0 Å². The number of aliphatic imine (C=N–C) groups is 1. The molecular weight excluding hydrogens is 458 g/mol. The van der Waals surface area contributed by atoms with Crippen molar-refractivity contribution in [3.63, 3.8) is 0 Å². The molecule has 1 fully saturated rings. The van der Waals surface area contributed by atoms with E-state index in [1.807, 2.05) is 32.0 Å². The third-order valence-electron chi connectivity index (χ3n) is 6.81. The summed E-state index contributed by atoms with van der Waals surface area (Å²) in [6.45, 7) is 6.60. The Morgan fingerprint density at radius 1 is 1.11 bits per heavy atom. The number of hydrogen-bond donors (Lipinski definition) is 0. The minimum absolute atomic E-state index is 0.0879. The van der Waals surface area contributed by atoms with Crippen molar-refractivity contribution in [3.8, 4) is 22.9 Å². The number of aryl methyl sites for hydroxylation is 1. The van der Waals surface area contributed by atoms with Crippen LogP contribution in [-0.4, -0.2) is 57.8 Å². The summed E-state index contributed by atoms with van der Waals surface area (Å²) in [7, 11) is 1.65. The van der Waals surface area contributed by atoms with E-state index in [1.165, 1.54) is 6.92 Å². The van der Waals surface area contributed by atoms with E-state index in [1.54, 1.807) is 11.9 Å². The monoisotopic (exact) mass is 489 g/mol. The van der Waals surface area contributed by atoms with Gasteiger partial charge in [0.2, 0.25) is 5.82 Å². The molecule has 9 heteroatoms. The number of hydrogen-bond acceptors (Lipinski definition) is 8. The fourth-order valence-corrected chi connectivity index (χ4v) is 5.23. The predicted octanol–water partition coefficient (Wildman–Crippen LogP) is 4.19. The largest absolute Gasteiger partial charge is 0.493 e. The summed E-state index contributed by atoms with van der Waals surface area (Å²) < 4.78 is 17.2. The van der Waals surface area contributed by atoms with Crippen LogP contribution in [0.1, 0.15) is 62.6 Å². The lowest BCUT2D eigenvalue weighted by Crippen LogP contribution is -2.36. The van der Waals surface area contributed by atoms with Crippen molar-refractivity contribution in [2.45, 2.75) is 64.6 Å². The number of fused-ring (bicyclic) bond motifs is 3. The van der Waals surface area contributed by atoms with Crippen molar-refractivity contribution in [2.75, 3.05) is 13.7 Å². The second-order valence-electron chi connectivity index (χ2n) is 9.10. The van der Waals surface area contributed by atoms with E-state index >= 15 is 0 Å². The highest BCUT2D eigenvalue weighted by molar-refractivity contribution is 6.15. The van der Waals surface area contributed by atoms with E-state index in [0.717, 1.165) is 47.2 Å². The molecule has 9 nitrogen and oxygen atoms in total. The Balaban J connectivity index is 1.60. The summed E-state index contributed by atoms with van der Waals surface area (Å²) in [5.41, 5.74) is 4.92. The predicted molar refractivity (Wildman–Crippen MR) is 135 cm³/mol. The van der Waals surface area contributed by atoms with E-state index in [4.69, 9.17) is 19.2 Å². The van der Waals surface area contributed by atoms with Crippen molar-refractivity contribution < 1.29 is 19.0 Å². The Hall–Kier alpha value is -3.75. The molecule has 0 N–H and O–H groups in total. The van der Waals surface area contributed by atoms with Gasteiger partial charge in [-0.3, -0.25) is 9.79 Å². The summed E-state index contributed by atoms with van der Waals surface area (Å²) in [5, 5.41) is 12.8. The van der Waals surface area contributed by atoms with Gasteiger partial charge in [0.05, 0.1) is 32.0 Å². The maximum atomic E-state index is 11.6. The van der Waals surface area contributed by atoms with Gasteiger partial charge in [0.1, 0.15) is 6.10 Å². The zero-order valence-electron chi connectivity index (χ0n) is 21.1. The van der Waals surface area contributed by atoms with Gasteiger partial charge in [0.25, 0.3) is 0 Å². The Morgan fingerprint density at radius 2 is 1.94 bits per heavy atom. The quantitative estimate of drug-likeness (QED) is 0.459. The van der Waals surface area contributed by atoms with Crippen LogP contribution in [0, 0.1) is 0 Å². The van der Waals surface area contributed by atoms with E-state index in [2.05, 4.69) is 33.6 Å². The van der Waals surface area contributed by atoms with Gasteiger partial charge in [-0.1, -0.05) is 18.2 Å². The fourth-order valence-electron chi connectivity index (χ4n) is 5.23. The number of carbonyl (C=O) groups excluding carboxylic acids is 1. The molecule has 2 heterocycles. The van der Waals surface area contributed by atoms with Crippen LogP contribution in [0.25, 0.3) is 11.4 Å². The molecule has 0 amide bonds. The van der Waals surface area contributed by atoms with E-state index in [-0.39, 0.29) is 24.0 Å². The van der Waals surface area contributed by atoms with Gasteiger partial charge >= 0.3 is 5.97 Å². The number of methoxy groups -OCH3 is 1. The standard InChI is InChI=1S/C27H31N5O4/c1-5-32-30-27(29-31-32)18-9-7-8-17(12-18)26-22-15-24(34-4)25(35-6-2)14-20(22)21-13-19(36-16(3)33)10-11-23(21)28-26/h7-9,12,14-15,19,21,23H,5-6,10-11,13H2,1-4H3. The van der Waals surface area contributed by atoms with Crippen molar-refractivity contribution in [1.82, 2.24) is 20.2 Å². The lowest BCUT2D eigenvalue weighted by Gasteiger charge is -2.38. The molecule has 3 aromatic rings. The molecule has 1 aromatic heterocycles. The minimum Gasteiger partial charge on any atom is -0.493 e. The van der Waals surface area contributed by atoms with Gasteiger partial charge in [-0.25, -0.2) is 0 Å². The molecule has 3 atom stereocenters. The number of benzene rings is 2. The molecule has 5 rings (SSSR count). The van der Waals surface area contributed by atoms with Gasteiger partial charge in [0, 0.05) is 29.5 Å². The normalized spacial score (nSPS) is 20.7. The second-order valence-corrected chi connectivity index (χ2v) is 9.10. The Bertz CT molecular complexity index is 1300. The molecule has 36 heavy (non-hydrogen) atoms. The molecule has 0 spiro atoms. The smallest absolute Gasteiger partial charge is 0.302 e. The zero-order chi connectivity index (χ0) is 25.2. The lowest BCUT2D eigenvalue weighted by molar-refractivity contribution is -0.148. The number of nitrogens with zero attached hydrogens (tertiary/aromatic N) is 5. The van der Waals surface area contributed by atoms with Crippen molar-refractivity contribution >= 4 is 11.7 Å². The molecule has 2 aromatic carbocycles. The maximum absolute atomic E-state index is 11.6. The van der Waals surface area contributed by atoms with Gasteiger partial charge in [-0.15, -0.1) is 10.2 Å². The first-order chi connectivity index (χ1) is 17.5. The summed E-state index contributed by atoms with van der Waals surface area (Å²) in [5.74, 6) is 1.84. The van der Waals surface area contributed by atoms with Crippen molar-refractivity contribution in [1.29, 1.82) is 0 Å². The summed E-state index contributed by atoms with van der Waals surface area (Å²) in [4.78, 5) is 18.5. The molecule has 1 aliphatic carbocycles. The fraction of sp³-hybridized carbons (Fsp3) is 0.444. The average Bonchev–Trinajstić information content (AvgIpc) is 3.37. The number of tetrazole rings is 1. The molecule has 0 bridgehead atoms. The molecular formula is C27H31N5O4. The van der Waals surface area contributed by atoms with Gasteiger partial charge in [-0.05, 0) is 62.1 Å². The van der Waals surface area contributed by atoms with Crippen LogP contribution in [0.2, 0.25) is 0 Å². The third-order valence-corrected chi connectivity index (χ3v) is 6.81. The van der Waals surface area contributed by atoms with Crippen molar-refractivity contribution in [2.24, 2.45) is 4.99 Å². The average molecular weight is 490 g/mol. The molecule has 188 valence electrons. The van der Waals surface area contributed by atoms with Crippen LogP contribution in [0.4, 0.5) is 0 Å². The summed E-state index contributed by atoms with van der Waals surface area (Å²) in [6.07, 6.45) is 2.26. The Morgan fingerprint density at radius 3 is 2.67 bits per heavy atom. The first kappa shape index (κ1) is 24.0. The van der Waals surface area contributed by atoms with Gasteiger partial charge < -0.3 is 14.2 Å². The van der Waals surface area contributed by atoms with Gasteiger partial charge in [0.15, 0.2) is 11.5 Å². The lowest BCUT2D eigenvalue weighted by atomic mass is 9.74. The van der Waals surface area contributed by atoms with E-state index in [9.17, 15) is 4.79 Å². The molecule has 0 saturated heterocycles. The number of ether oxygens (including phenoxy) is 3. The Kier molecular flexibility index (Phi) is 6.71. The molecule has 2 aliphatic rings. The number of esters is 1. The SMILES string of the molecule is CCOc1cc2c(cc1OC)C(c1cccc(-c3nnn(CC)n3)c1)=NC1CCC(OC(C)=O)CC21. The number of carbonyl (C=O) groups is 1. The highest BCUT2D eigenvalue weighted by atomic mass is 16.5. The zero-order valence-corrected chi connectivity index (χ0v) is 21.1. The first-order valence-corrected chi connectivity index (χ1v) is 12.5. The number of aromatic nitrogens is 4. The molecule has 1 saturated carbocycles. The molecule has 1 aliphatic heterocycles. The van der Waals surface area contributed by atoms with Crippen LogP contribution in [0.5, 0.6) is 11.5 Å². The van der Waals surface area contributed by atoms with Crippen LogP contribution < -0.4 is 9.47 Å². The summed E-state index contributed by atoms with van der Waals surface area (Å²) in [6, 6.07) is 12.3. The maximum Gasteiger partial charge on any atom is 0.302 e. The first-order valence-electron chi connectivity index (χ1n) is 12.5. The van der Waals surface area contributed by atoms with Crippen LogP contribution in [-0.2, 0) is 16.1 Å². The molecule has 3 unspecified atom stereocenters. The van der Waals surface area contributed by atoms with Gasteiger partial charge in [-0.2, -0.15) is 4.80 Å². The van der Waals surface area contributed by atoms with Crippen molar-refractivity contribution in [3.05, 3.63) is 53.1 Å². The highest BCUT2D eigenvalue weighted by Gasteiger charge is 2.38. The van der Waals surface area contributed by atoms with E-state index < -0.39 is 0 Å². The van der Waals surface area contributed by atoms with Crippen LogP contribution in [0.15, 0.2) is 41.4 Å². The molecule has 0 radical (unpaired) electrons. The minimum atomic E-state index is -0.242. The Labute approximate surface area is 210 Å². The van der Waals surface area contributed by atoms with E-state index in [0.29, 0.717) is 30.5 Å². The highest BCUT2D eigenvalue weighted by Crippen LogP contribution is 2.45. The summed E-state index contributed by atoms with van der Waals surface area (Å²) >= 11 is 0. The second kappa shape index (κ2) is 10.1.